The van der Waals surface area contributed by atoms with Crippen molar-refractivity contribution in [1.29, 1.82) is 0 Å². The summed E-state index contributed by atoms with van der Waals surface area (Å²) >= 11 is 3.25. The minimum Gasteiger partial charge on any atom is -0.340 e. The molecule has 146 valence electrons. The second-order valence-electron chi connectivity index (χ2n) is 7.15. The Balaban J connectivity index is 1.52. The van der Waals surface area contributed by atoms with Crippen LogP contribution in [-0.2, 0) is 24.2 Å². The second-order valence-corrected chi connectivity index (χ2v) is 9.57. The highest BCUT2D eigenvalue weighted by atomic mass is 32.2. The van der Waals surface area contributed by atoms with Crippen molar-refractivity contribution in [3.05, 3.63) is 52.4 Å². The Bertz CT molecular complexity index is 1020. The van der Waals surface area contributed by atoms with Crippen molar-refractivity contribution in [3.63, 3.8) is 0 Å². The van der Waals surface area contributed by atoms with Crippen LogP contribution in [0.2, 0.25) is 0 Å². The Morgan fingerprint density at radius 1 is 1.32 bits per heavy atom. The highest BCUT2D eigenvalue weighted by Crippen LogP contribution is 2.40. The van der Waals surface area contributed by atoms with Crippen molar-refractivity contribution in [1.82, 2.24) is 14.9 Å². The number of amides is 1. The van der Waals surface area contributed by atoms with Gasteiger partial charge >= 0.3 is 0 Å². The van der Waals surface area contributed by atoms with Crippen molar-refractivity contribution in [2.45, 2.75) is 49.4 Å². The fourth-order valence-electron chi connectivity index (χ4n) is 3.67. The lowest BCUT2D eigenvalue weighted by molar-refractivity contribution is -0.129. The van der Waals surface area contributed by atoms with Gasteiger partial charge in [0.05, 0.1) is 5.25 Å². The molecule has 0 radical (unpaired) electrons. The topological polar surface area (TPSA) is 46.1 Å². The number of fused-ring (bicyclic) bond motifs is 3. The molecule has 0 saturated heterocycles. The number of rotatable bonds is 5. The summed E-state index contributed by atoms with van der Waals surface area (Å²) in [6.07, 6.45) is 6.21. The zero-order valence-electron chi connectivity index (χ0n) is 15.9. The van der Waals surface area contributed by atoms with E-state index < -0.39 is 0 Å². The maximum Gasteiger partial charge on any atom is 0.235 e. The van der Waals surface area contributed by atoms with Crippen molar-refractivity contribution in [2.24, 2.45) is 0 Å². The molecule has 0 fully saturated rings. The first-order chi connectivity index (χ1) is 13.5. The minimum atomic E-state index is -0.286. The minimum absolute atomic E-state index is 0.00474. The standard InChI is InChI=1S/C21H22FN3OS2/c1-13(21(26)25(2)11-14-6-5-7-15(22)10-14)27-19-18-16-8-3-4-9-17(16)28-20(18)24-12-23-19/h5-7,10,12-13H,3-4,8-9,11H2,1-2H3/t13-/m1/s1. The number of thioether (sulfide) groups is 1. The third-order valence-corrected chi connectivity index (χ3v) is 7.33. The number of aryl methyl sites for hydroxylation is 2. The number of aromatic nitrogens is 2. The van der Waals surface area contributed by atoms with E-state index in [2.05, 4.69) is 9.97 Å². The van der Waals surface area contributed by atoms with Crippen LogP contribution in [0.4, 0.5) is 4.39 Å². The average molecular weight is 416 g/mol. The zero-order valence-corrected chi connectivity index (χ0v) is 17.6. The van der Waals surface area contributed by atoms with E-state index in [0.717, 1.165) is 33.6 Å². The molecule has 1 amide bonds. The summed E-state index contributed by atoms with van der Waals surface area (Å²) in [4.78, 5) is 25.9. The van der Waals surface area contributed by atoms with Crippen molar-refractivity contribution in [3.8, 4) is 0 Å². The number of nitrogens with zero attached hydrogens (tertiary/aromatic N) is 3. The highest BCUT2D eigenvalue weighted by molar-refractivity contribution is 8.00. The first-order valence-corrected chi connectivity index (χ1v) is 11.1. The van der Waals surface area contributed by atoms with Crippen LogP contribution in [0.3, 0.4) is 0 Å². The van der Waals surface area contributed by atoms with Crippen LogP contribution < -0.4 is 0 Å². The van der Waals surface area contributed by atoms with E-state index in [9.17, 15) is 9.18 Å². The summed E-state index contributed by atoms with van der Waals surface area (Å²) in [6, 6.07) is 6.37. The van der Waals surface area contributed by atoms with Gasteiger partial charge in [0.1, 0.15) is 22.0 Å². The van der Waals surface area contributed by atoms with Gasteiger partial charge in [-0.2, -0.15) is 0 Å². The number of hydrogen-bond acceptors (Lipinski definition) is 5. The molecule has 1 aliphatic rings. The number of carbonyl (C=O) groups excluding carboxylic acids is 1. The summed E-state index contributed by atoms with van der Waals surface area (Å²) in [6.45, 7) is 2.29. The largest absolute Gasteiger partial charge is 0.340 e. The lowest BCUT2D eigenvalue weighted by atomic mass is 9.97. The number of thiophene rings is 1. The van der Waals surface area contributed by atoms with Crippen molar-refractivity contribution < 1.29 is 9.18 Å². The lowest BCUT2D eigenvalue weighted by Crippen LogP contribution is -2.32. The monoisotopic (exact) mass is 415 g/mol. The Hall–Kier alpha value is -1.99. The molecule has 1 aromatic carbocycles. The smallest absolute Gasteiger partial charge is 0.235 e. The van der Waals surface area contributed by atoms with Gasteiger partial charge in [-0.25, -0.2) is 14.4 Å². The van der Waals surface area contributed by atoms with E-state index in [1.807, 2.05) is 13.0 Å². The van der Waals surface area contributed by atoms with E-state index in [-0.39, 0.29) is 17.0 Å². The Labute approximate surface area is 172 Å². The third-order valence-electron chi connectivity index (χ3n) is 5.04. The van der Waals surface area contributed by atoms with Crippen LogP contribution >= 0.6 is 23.1 Å². The molecule has 4 nitrogen and oxygen atoms in total. The van der Waals surface area contributed by atoms with Crippen LogP contribution in [0.15, 0.2) is 35.6 Å². The summed E-state index contributed by atoms with van der Waals surface area (Å²) in [5, 5.41) is 1.75. The van der Waals surface area contributed by atoms with Crippen LogP contribution in [0.1, 0.15) is 35.8 Å². The van der Waals surface area contributed by atoms with Gasteiger partial charge in [-0.15, -0.1) is 11.3 Å². The average Bonchev–Trinajstić information content (AvgIpc) is 3.07. The molecule has 2 aromatic heterocycles. The number of halogens is 1. The normalized spacial score (nSPS) is 14.7. The van der Waals surface area contributed by atoms with Gasteiger partial charge < -0.3 is 4.90 Å². The maximum absolute atomic E-state index is 13.4. The molecule has 0 aliphatic heterocycles. The van der Waals surface area contributed by atoms with E-state index in [1.54, 1.807) is 35.7 Å². The second kappa shape index (κ2) is 8.17. The van der Waals surface area contributed by atoms with E-state index in [4.69, 9.17) is 0 Å². The molecule has 1 aliphatic carbocycles. The summed E-state index contributed by atoms with van der Waals surface area (Å²) in [7, 11) is 1.76. The molecule has 0 N–H and O–H groups in total. The SMILES string of the molecule is C[C@@H](Sc1ncnc2sc3c(c12)CCCC3)C(=O)N(C)Cc1cccc(F)c1. The molecule has 28 heavy (non-hydrogen) atoms. The van der Waals surface area contributed by atoms with Gasteiger partial charge in [0, 0.05) is 23.9 Å². The quantitative estimate of drug-likeness (QED) is 0.441. The lowest BCUT2D eigenvalue weighted by Gasteiger charge is -2.21. The zero-order chi connectivity index (χ0) is 19.7. The third kappa shape index (κ3) is 3.91. The summed E-state index contributed by atoms with van der Waals surface area (Å²) < 4.78 is 13.4. The van der Waals surface area contributed by atoms with Gasteiger partial charge in [-0.1, -0.05) is 23.9 Å². The number of hydrogen-bond donors (Lipinski definition) is 0. The van der Waals surface area contributed by atoms with Gasteiger partial charge in [-0.05, 0) is 55.9 Å². The number of benzene rings is 1. The molecular weight excluding hydrogens is 393 g/mol. The number of carbonyl (C=O) groups is 1. The molecule has 3 aromatic rings. The van der Waals surface area contributed by atoms with Crippen molar-refractivity contribution >= 4 is 39.2 Å². The first kappa shape index (κ1) is 19.3. The Kier molecular flexibility index (Phi) is 5.64. The summed E-state index contributed by atoms with van der Waals surface area (Å²) in [5.74, 6) is -0.281. The molecule has 0 saturated carbocycles. The predicted octanol–water partition coefficient (Wildman–Crippen LogP) is 4.85. The predicted molar refractivity (Wildman–Crippen MR) is 112 cm³/mol. The van der Waals surface area contributed by atoms with Crippen molar-refractivity contribution in [2.75, 3.05) is 7.05 Å². The van der Waals surface area contributed by atoms with Crippen LogP contribution in [0.5, 0.6) is 0 Å². The van der Waals surface area contributed by atoms with Gasteiger partial charge in [0.2, 0.25) is 5.91 Å². The van der Waals surface area contributed by atoms with Crippen LogP contribution in [-0.4, -0.2) is 33.1 Å². The molecule has 0 unspecified atom stereocenters. The van der Waals surface area contributed by atoms with Crippen LogP contribution in [0.25, 0.3) is 10.2 Å². The fraction of sp³-hybridized carbons (Fsp3) is 0.381. The fourth-order valence-corrected chi connectivity index (χ4v) is 6.02. The van der Waals surface area contributed by atoms with E-state index >= 15 is 0 Å². The first-order valence-electron chi connectivity index (χ1n) is 9.44. The van der Waals surface area contributed by atoms with Crippen LogP contribution in [0, 0.1) is 5.82 Å². The van der Waals surface area contributed by atoms with E-state index in [0.29, 0.717) is 6.54 Å². The molecule has 2 heterocycles. The van der Waals surface area contributed by atoms with E-state index in [1.165, 1.54) is 47.2 Å². The molecule has 4 rings (SSSR count). The maximum atomic E-state index is 13.4. The molecule has 1 atom stereocenters. The molecule has 7 heteroatoms. The summed E-state index contributed by atoms with van der Waals surface area (Å²) in [5.41, 5.74) is 2.16. The molecule has 0 spiro atoms. The highest BCUT2D eigenvalue weighted by Gasteiger charge is 2.24. The van der Waals surface area contributed by atoms with Gasteiger partial charge in [0.15, 0.2) is 0 Å². The van der Waals surface area contributed by atoms with Gasteiger partial charge in [-0.3, -0.25) is 4.79 Å². The Morgan fingerprint density at radius 2 is 2.14 bits per heavy atom. The molecular formula is C21H22FN3OS2. The molecule has 0 bridgehead atoms. The Morgan fingerprint density at radius 3 is 2.96 bits per heavy atom. The van der Waals surface area contributed by atoms with Gasteiger partial charge in [0.25, 0.3) is 0 Å².